The maximum absolute atomic E-state index is 11.7. The molecule has 0 bridgehead atoms. The number of hydrogen-bond donors (Lipinski definition) is 2. The van der Waals surface area contributed by atoms with E-state index < -0.39 is 0 Å². The molecular formula is C13H19N3O2. The standard InChI is InChI=1S/C13H19N3O2/c1-18-8-2-7-14-12-6-3-10(9-15-12)13(17)16-11-4-5-11/h3,6,9,11H,2,4-5,7-8H2,1H3,(H,14,15)(H,16,17). The highest BCUT2D eigenvalue weighted by Crippen LogP contribution is 2.19. The summed E-state index contributed by atoms with van der Waals surface area (Å²) in [5.74, 6) is 0.755. The Morgan fingerprint density at radius 3 is 2.94 bits per heavy atom. The topological polar surface area (TPSA) is 63.2 Å². The van der Waals surface area contributed by atoms with Gasteiger partial charge in [-0.05, 0) is 31.4 Å². The highest BCUT2D eigenvalue weighted by Gasteiger charge is 2.23. The van der Waals surface area contributed by atoms with Crippen LogP contribution in [0.3, 0.4) is 0 Å². The number of carbonyl (C=O) groups excluding carboxylic acids is 1. The third kappa shape index (κ3) is 4.00. The molecule has 2 rings (SSSR count). The summed E-state index contributed by atoms with van der Waals surface area (Å²) in [5.41, 5.74) is 0.615. The maximum Gasteiger partial charge on any atom is 0.253 e. The Hall–Kier alpha value is -1.62. The summed E-state index contributed by atoms with van der Waals surface area (Å²) in [4.78, 5) is 15.9. The van der Waals surface area contributed by atoms with Gasteiger partial charge in [-0.25, -0.2) is 4.98 Å². The van der Waals surface area contributed by atoms with E-state index in [1.807, 2.05) is 6.07 Å². The first-order valence-corrected chi connectivity index (χ1v) is 6.29. The van der Waals surface area contributed by atoms with Gasteiger partial charge in [-0.15, -0.1) is 0 Å². The van der Waals surface area contributed by atoms with Crippen LogP contribution in [-0.4, -0.2) is 37.2 Å². The van der Waals surface area contributed by atoms with E-state index in [0.717, 1.165) is 38.2 Å². The molecule has 0 spiro atoms. The van der Waals surface area contributed by atoms with Crippen LogP contribution in [-0.2, 0) is 4.74 Å². The lowest BCUT2D eigenvalue weighted by atomic mass is 10.2. The van der Waals surface area contributed by atoms with E-state index >= 15 is 0 Å². The smallest absolute Gasteiger partial charge is 0.253 e. The van der Waals surface area contributed by atoms with E-state index in [4.69, 9.17) is 4.74 Å². The van der Waals surface area contributed by atoms with Crippen molar-refractivity contribution in [3.05, 3.63) is 23.9 Å². The van der Waals surface area contributed by atoms with Crippen LogP contribution in [0.2, 0.25) is 0 Å². The molecule has 1 aromatic rings. The van der Waals surface area contributed by atoms with Gasteiger partial charge in [-0.3, -0.25) is 4.79 Å². The van der Waals surface area contributed by atoms with Crippen LogP contribution in [0.15, 0.2) is 18.3 Å². The Morgan fingerprint density at radius 1 is 1.50 bits per heavy atom. The van der Waals surface area contributed by atoms with Crippen LogP contribution in [0, 0.1) is 0 Å². The zero-order valence-corrected chi connectivity index (χ0v) is 10.6. The van der Waals surface area contributed by atoms with Gasteiger partial charge in [0.1, 0.15) is 5.82 Å². The highest BCUT2D eigenvalue weighted by atomic mass is 16.5. The molecule has 0 radical (unpaired) electrons. The lowest BCUT2D eigenvalue weighted by molar-refractivity contribution is 0.0951. The molecule has 0 aromatic carbocycles. The number of amides is 1. The summed E-state index contributed by atoms with van der Waals surface area (Å²) in [5, 5.41) is 6.11. The third-order valence-corrected chi connectivity index (χ3v) is 2.77. The fraction of sp³-hybridized carbons (Fsp3) is 0.538. The van der Waals surface area contributed by atoms with E-state index in [1.165, 1.54) is 0 Å². The van der Waals surface area contributed by atoms with E-state index in [1.54, 1.807) is 19.4 Å². The van der Waals surface area contributed by atoms with Gasteiger partial charge in [-0.2, -0.15) is 0 Å². The predicted molar refractivity (Wildman–Crippen MR) is 69.7 cm³/mol. The molecule has 2 N–H and O–H groups in total. The maximum atomic E-state index is 11.7. The van der Waals surface area contributed by atoms with Crippen LogP contribution in [0.5, 0.6) is 0 Å². The molecule has 1 aliphatic rings. The van der Waals surface area contributed by atoms with Crippen molar-refractivity contribution in [3.8, 4) is 0 Å². The van der Waals surface area contributed by atoms with Gasteiger partial charge in [0, 0.05) is 32.5 Å². The van der Waals surface area contributed by atoms with Crippen molar-refractivity contribution in [2.24, 2.45) is 0 Å². The molecule has 0 saturated heterocycles. The monoisotopic (exact) mass is 249 g/mol. The van der Waals surface area contributed by atoms with E-state index in [9.17, 15) is 4.79 Å². The number of rotatable bonds is 7. The van der Waals surface area contributed by atoms with Gasteiger partial charge in [0.25, 0.3) is 5.91 Å². The Bertz CT molecular complexity index is 388. The van der Waals surface area contributed by atoms with Crippen LogP contribution in [0.1, 0.15) is 29.6 Å². The molecule has 0 aliphatic heterocycles. The minimum atomic E-state index is -0.0315. The molecular weight excluding hydrogens is 230 g/mol. The molecule has 1 fully saturated rings. The van der Waals surface area contributed by atoms with Crippen molar-refractivity contribution in [2.75, 3.05) is 25.6 Å². The van der Waals surface area contributed by atoms with Crippen molar-refractivity contribution in [1.82, 2.24) is 10.3 Å². The highest BCUT2D eigenvalue weighted by molar-refractivity contribution is 5.94. The first-order valence-electron chi connectivity index (χ1n) is 6.29. The number of pyridine rings is 1. The first kappa shape index (κ1) is 12.8. The molecule has 1 saturated carbocycles. The largest absolute Gasteiger partial charge is 0.385 e. The van der Waals surface area contributed by atoms with Gasteiger partial charge in [0.05, 0.1) is 5.56 Å². The van der Waals surface area contributed by atoms with Crippen molar-refractivity contribution < 1.29 is 9.53 Å². The minimum Gasteiger partial charge on any atom is -0.385 e. The zero-order chi connectivity index (χ0) is 12.8. The molecule has 1 amide bonds. The van der Waals surface area contributed by atoms with Gasteiger partial charge in [-0.1, -0.05) is 0 Å². The van der Waals surface area contributed by atoms with E-state index in [0.29, 0.717) is 11.6 Å². The SMILES string of the molecule is COCCCNc1ccc(C(=O)NC2CC2)cn1. The molecule has 1 aliphatic carbocycles. The fourth-order valence-corrected chi connectivity index (χ4v) is 1.56. The van der Waals surface area contributed by atoms with Crippen LogP contribution in [0.4, 0.5) is 5.82 Å². The molecule has 1 aromatic heterocycles. The number of nitrogens with one attached hydrogen (secondary N) is 2. The molecule has 18 heavy (non-hydrogen) atoms. The second-order valence-corrected chi connectivity index (χ2v) is 4.45. The Kier molecular flexibility index (Phi) is 4.52. The minimum absolute atomic E-state index is 0.0315. The van der Waals surface area contributed by atoms with Crippen molar-refractivity contribution in [2.45, 2.75) is 25.3 Å². The molecule has 98 valence electrons. The zero-order valence-electron chi connectivity index (χ0n) is 10.6. The summed E-state index contributed by atoms with van der Waals surface area (Å²) in [6.07, 6.45) is 4.73. The van der Waals surface area contributed by atoms with Gasteiger partial charge >= 0.3 is 0 Å². The lowest BCUT2D eigenvalue weighted by Crippen LogP contribution is -2.25. The number of ether oxygens (including phenoxy) is 1. The number of carbonyl (C=O) groups is 1. The molecule has 5 nitrogen and oxygen atoms in total. The Balaban J connectivity index is 1.78. The van der Waals surface area contributed by atoms with Crippen LogP contribution >= 0.6 is 0 Å². The molecule has 0 atom stereocenters. The van der Waals surface area contributed by atoms with E-state index in [2.05, 4.69) is 15.6 Å². The van der Waals surface area contributed by atoms with E-state index in [-0.39, 0.29) is 5.91 Å². The summed E-state index contributed by atoms with van der Waals surface area (Å²) >= 11 is 0. The average Bonchev–Trinajstić information content (AvgIpc) is 3.19. The first-order chi connectivity index (χ1) is 8.79. The summed E-state index contributed by atoms with van der Waals surface area (Å²) in [6, 6.07) is 4.00. The van der Waals surface area contributed by atoms with Crippen LogP contribution in [0.25, 0.3) is 0 Å². The van der Waals surface area contributed by atoms with Crippen LogP contribution < -0.4 is 10.6 Å². The number of nitrogens with zero attached hydrogens (tertiary/aromatic N) is 1. The predicted octanol–water partition coefficient (Wildman–Crippen LogP) is 1.42. The lowest BCUT2D eigenvalue weighted by Gasteiger charge is -2.06. The van der Waals surface area contributed by atoms with Gasteiger partial charge < -0.3 is 15.4 Å². The number of methoxy groups -OCH3 is 1. The summed E-state index contributed by atoms with van der Waals surface area (Å²) in [7, 11) is 1.69. The summed E-state index contributed by atoms with van der Waals surface area (Å²) in [6.45, 7) is 1.54. The molecule has 1 heterocycles. The Morgan fingerprint density at radius 2 is 2.33 bits per heavy atom. The van der Waals surface area contributed by atoms with Crippen molar-refractivity contribution in [1.29, 1.82) is 0 Å². The fourth-order valence-electron chi connectivity index (χ4n) is 1.56. The van der Waals surface area contributed by atoms with Gasteiger partial charge in [0.2, 0.25) is 0 Å². The van der Waals surface area contributed by atoms with Crippen molar-refractivity contribution in [3.63, 3.8) is 0 Å². The van der Waals surface area contributed by atoms with Crippen molar-refractivity contribution >= 4 is 11.7 Å². The number of aromatic nitrogens is 1. The van der Waals surface area contributed by atoms with Gasteiger partial charge in [0.15, 0.2) is 0 Å². The quantitative estimate of drug-likeness (QED) is 0.717. The molecule has 5 heteroatoms. The number of hydrogen-bond acceptors (Lipinski definition) is 4. The third-order valence-electron chi connectivity index (χ3n) is 2.77. The average molecular weight is 249 g/mol. The second kappa shape index (κ2) is 6.35. The second-order valence-electron chi connectivity index (χ2n) is 4.45. The normalized spacial score (nSPS) is 14.3. The number of anilines is 1. The Labute approximate surface area is 107 Å². The summed E-state index contributed by atoms with van der Waals surface area (Å²) < 4.78 is 4.96. The molecule has 0 unspecified atom stereocenters.